The van der Waals surface area contributed by atoms with Gasteiger partial charge in [0.1, 0.15) is 30.3 Å². The third-order valence-corrected chi connectivity index (χ3v) is 15.2. The molecule has 0 fully saturated rings. The number of carbonyl (C=O) groups is 4. The Morgan fingerprint density at radius 3 is 1.33 bits per heavy atom. The molecule has 4 aromatic heterocycles. The highest BCUT2D eigenvalue weighted by molar-refractivity contribution is 6.04. The van der Waals surface area contributed by atoms with Crippen molar-refractivity contribution in [2.24, 2.45) is 14.1 Å². The molecule has 8 rings (SSSR count). The molecule has 0 saturated carbocycles. The van der Waals surface area contributed by atoms with E-state index in [1.807, 2.05) is 6.20 Å². The number of nitrogens with zero attached hydrogens (tertiary/aromatic N) is 8. The predicted octanol–water partition coefficient (Wildman–Crippen LogP) is 9.72. The lowest BCUT2D eigenvalue weighted by molar-refractivity contribution is -0.646. The molecule has 79 heavy (non-hydrogen) atoms. The van der Waals surface area contributed by atoms with E-state index in [4.69, 9.17) is 0 Å². The Balaban J connectivity index is 0.717. The molecule has 0 radical (unpaired) electrons. The molecular formula is C64H83N11O4+2. The average Bonchev–Trinajstić information content (AvgIpc) is 4.14. The summed E-state index contributed by atoms with van der Waals surface area (Å²) in [6.45, 7) is 2.82. The second-order valence-electron chi connectivity index (χ2n) is 22.2. The largest absolute Gasteiger partial charge is 0.377 e. The van der Waals surface area contributed by atoms with Crippen molar-refractivity contribution in [2.45, 2.75) is 90.1 Å². The maximum Gasteiger partial charge on any atom is 0.272 e. The minimum atomic E-state index is -0.317. The molecule has 0 spiro atoms. The standard InChI is InChI=1S/C64H81N11O4/c1-68(2)51-26-22-46-36-47-23-27-52(69(3)4)40-57(47)74(56(46)39-51)32-18-11-14-20-55(76)34-45-35-60(72(9)43-45)64(79)67-50-38-61(73(10)44-50)63(78)66-31-17-13-16-30-65-62(77)21-15-12-19-33-75-58-41-53(70(5)6)28-24-48(58)37-49-25-29-54(71(7)8)42-59(49)75/h22-29,35-44H,11-21,30-34H2,1-10H3,(H-2,65,66,67,77,78,79)/p+2. The minimum Gasteiger partial charge on any atom is -0.377 e. The molecule has 0 saturated heterocycles. The normalized spacial score (nSPS) is 11.4. The minimum absolute atomic E-state index is 0.0783. The molecule has 4 aromatic carbocycles. The van der Waals surface area contributed by atoms with Crippen LogP contribution in [0.1, 0.15) is 97.2 Å². The number of anilines is 5. The first-order valence-electron chi connectivity index (χ1n) is 28.1. The Bertz CT molecular complexity index is 3350. The number of hydrogen-bond acceptors (Lipinski definition) is 8. The third-order valence-electron chi connectivity index (χ3n) is 15.2. The lowest BCUT2D eigenvalue weighted by atomic mass is 10.1. The summed E-state index contributed by atoms with van der Waals surface area (Å²) in [4.78, 5) is 61.2. The number of Topliss-reactive ketones (excluding diaryl/α,β-unsaturated/α-hetero) is 1. The zero-order chi connectivity index (χ0) is 56.3. The van der Waals surface area contributed by atoms with Crippen molar-refractivity contribution in [1.82, 2.24) is 19.8 Å². The summed E-state index contributed by atoms with van der Waals surface area (Å²) in [6.07, 6.45) is 12.7. The van der Waals surface area contributed by atoms with Gasteiger partial charge in [0.05, 0.1) is 5.69 Å². The molecule has 0 bridgehead atoms. The number of nitrogens with one attached hydrogen (secondary N) is 3. The SMILES string of the molecule is CN(C)c1ccc2cc3ccc(N(C)C)cc3[n+](CCCCCC(=O)Cc3cc(C(=O)Nc4cc(C(=O)NCCCCCNC(=O)CCCCC[n+]5c6cc(N(C)C)ccc6cc6ccc(N(C)C)cc65)n(C)c4)n(C)c3)c2c1. The number of benzene rings is 4. The Hall–Kier alpha value is -7.94. The van der Waals surface area contributed by atoms with Crippen LogP contribution in [0, 0.1) is 0 Å². The van der Waals surface area contributed by atoms with Gasteiger partial charge in [0, 0.05) is 197 Å². The van der Waals surface area contributed by atoms with Gasteiger partial charge < -0.3 is 44.7 Å². The predicted molar refractivity (Wildman–Crippen MR) is 324 cm³/mol. The number of ketones is 1. The summed E-state index contributed by atoms with van der Waals surface area (Å²) in [5, 5.41) is 13.9. The molecule has 0 unspecified atom stereocenters. The fourth-order valence-electron chi connectivity index (χ4n) is 10.6. The topological polar surface area (TPSA) is 135 Å². The van der Waals surface area contributed by atoms with Gasteiger partial charge >= 0.3 is 0 Å². The van der Waals surface area contributed by atoms with Crippen molar-refractivity contribution in [1.29, 1.82) is 0 Å². The highest BCUT2D eigenvalue weighted by Gasteiger charge is 2.21. The highest BCUT2D eigenvalue weighted by Crippen LogP contribution is 2.28. The molecule has 8 aromatic rings. The molecule has 416 valence electrons. The summed E-state index contributed by atoms with van der Waals surface area (Å²) in [5.41, 5.74) is 11.6. The molecule has 15 nitrogen and oxygen atoms in total. The Kier molecular flexibility index (Phi) is 18.9. The number of pyridine rings is 2. The number of carbonyl (C=O) groups excluding carboxylic acids is 4. The molecule has 3 N–H and O–H groups in total. The summed E-state index contributed by atoms with van der Waals surface area (Å²) >= 11 is 0. The van der Waals surface area contributed by atoms with Crippen molar-refractivity contribution < 1.29 is 28.3 Å². The van der Waals surface area contributed by atoms with Crippen LogP contribution in [-0.4, -0.2) is 102 Å². The number of fused-ring (bicyclic) bond motifs is 4. The smallest absolute Gasteiger partial charge is 0.272 e. The van der Waals surface area contributed by atoms with Gasteiger partial charge in [-0.15, -0.1) is 0 Å². The summed E-state index contributed by atoms with van der Waals surface area (Å²) in [6, 6.07) is 34.5. The summed E-state index contributed by atoms with van der Waals surface area (Å²) in [7, 11) is 20.1. The summed E-state index contributed by atoms with van der Waals surface area (Å²) in [5.74, 6) is -0.315. The summed E-state index contributed by atoms with van der Waals surface area (Å²) < 4.78 is 8.32. The van der Waals surface area contributed by atoms with Crippen LogP contribution in [0.2, 0.25) is 0 Å². The van der Waals surface area contributed by atoms with Crippen molar-refractivity contribution in [3.05, 3.63) is 126 Å². The maximum atomic E-state index is 13.5. The van der Waals surface area contributed by atoms with Gasteiger partial charge in [-0.3, -0.25) is 19.2 Å². The lowest BCUT2D eigenvalue weighted by Crippen LogP contribution is -2.36. The van der Waals surface area contributed by atoms with E-state index in [2.05, 4.69) is 186 Å². The molecule has 15 heteroatoms. The zero-order valence-electron chi connectivity index (χ0n) is 48.4. The van der Waals surface area contributed by atoms with E-state index in [-0.39, 0.29) is 29.9 Å². The van der Waals surface area contributed by atoms with E-state index in [1.54, 1.807) is 41.6 Å². The number of hydrogen-bond donors (Lipinski definition) is 3. The second kappa shape index (κ2) is 26.1. The zero-order valence-corrected chi connectivity index (χ0v) is 48.4. The molecule has 4 heterocycles. The van der Waals surface area contributed by atoms with Crippen molar-refractivity contribution >= 4 is 95.6 Å². The maximum absolute atomic E-state index is 13.5. The fourth-order valence-corrected chi connectivity index (χ4v) is 10.6. The Morgan fingerprint density at radius 2 is 0.861 bits per heavy atom. The molecular weight excluding hydrogens is 987 g/mol. The van der Waals surface area contributed by atoms with Crippen molar-refractivity contribution in [3.8, 4) is 0 Å². The number of rotatable bonds is 27. The lowest BCUT2D eigenvalue weighted by Gasteiger charge is -2.15. The monoisotopic (exact) mass is 1070 g/mol. The first kappa shape index (κ1) is 57.2. The first-order chi connectivity index (χ1) is 37.9. The van der Waals surface area contributed by atoms with E-state index in [0.29, 0.717) is 43.0 Å². The molecule has 0 aliphatic heterocycles. The Labute approximate surface area is 466 Å². The molecule has 0 aliphatic carbocycles. The number of aryl methyl sites for hydroxylation is 4. The van der Waals surface area contributed by atoms with Crippen molar-refractivity contribution in [3.63, 3.8) is 0 Å². The van der Waals surface area contributed by atoms with Crippen molar-refractivity contribution in [2.75, 3.05) is 94.4 Å². The van der Waals surface area contributed by atoms with Crippen LogP contribution in [0.25, 0.3) is 43.6 Å². The van der Waals surface area contributed by atoms with E-state index >= 15 is 0 Å². The van der Waals surface area contributed by atoms with Crippen LogP contribution in [0.15, 0.2) is 109 Å². The molecule has 0 aliphatic rings. The average molecular weight is 1070 g/mol. The first-order valence-corrected chi connectivity index (χ1v) is 28.1. The van der Waals surface area contributed by atoms with Crippen LogP contribution in [0.4, 0.5) is 28.4 Å². The quantitative estimate of drug-likeness (QED) is 0.0264. The highest BCUT2D eigenvalue weighted by atomic mass is 16.2. The second-order valence-corrected chi connectivity index (χ2v) is 22.2. The van der Waals surface area contributed by atoms with Crippen LogP contribution in [0.5, 0.6) is 0 Å². The molecule has 3 amide bonds. The van der Waals surface area contributed by atoms with E-state index in [0.717, 1.165) is 87.8 Å². The third kappa shape index (κ3) is 14.4. The van der Waals surface area contributed by atoms with Gasteiger partial charge in [0.2, 0.25) is 28.0 Å². The van der Waals surface area contributed by atoms with Gasteiger partial charge in [-0.1, -0.05) is 0 Å². The van der Waals surface area contributed by atoms with E-state index < -0.39 is 0 Å². The van der Waals surface area contributed by atoms with Gasteiger partial charge in [-0.2, -0.15) is 9.13 Å². The molecule has 0 atom stereocenters. The number of unbranched alkanes of at least 4 members (excludes halogenated alkanes) is 6. The van der Waals surface area contributed by atoms with E-state index in [9.17, 15) is 19.2 Å². The van der Waals surface area contributed by atoms with Gasteiger partial charge in [0.25, 0.3) is 11.8 Å². The Morgan fingerprint density at radius 1 is 0.443 bits per heavy atom. The van der Waals surface area contributed by atoms with Crippen LogP contribution in [-0.2, 0) is 43.2 Å². The van der Waals surface area contributed by atoms with Gasteiger partial charge in [-0.05, 0) is 123 Å². The van der Waals surface area contributed by atoms with Gasteiger partial charge in [-0.25, -0.2) is 0 Å². The van der Waals surface area contributed by atoms with E-state index in [1.165, 1.54) is 55.0 Å². The van der Waals surface area contributed by atoms with Crippen LogP contribution in [0.3, 0.4) is 0 Å². The van der Waals surface area contributed by atoms with Crippen LogP contribution >= 0.6 is 0 Å². The number of aromatic nitrogens is 4. The fraction of sp³-hybridized carbons (Fsp3) is 0.406. The van der Waals surface area contributed by atoms with Gasteiger partial charge in [0.15, 0.2) is 0 Å². The van der Waals surface area contributed by atoms with Crippen LogP contribution < -0.4 is 44.7 Å². The number of amides is 3.